The zero-order valence-electron chi connectivity index (χ0n) is 25.4. The molecule has 5 heterocycles. The molecule has 46 heavy (non-hydrogen) atoms. The monoisotopic (exact) mass is 637 g/mol. The van der Waals surface area contributed by atoms with E-state index >= 15 is 4.39 Å². The molecule has 1 aliphatic rings. The highest BCUT2D eigenvalue weighted by molar-refractivity contribution is 5.83. The minimum absolute atomic E-state index is 0.0281. The van der Waals surface area contributed by atoms with E-state index in [0.717, 1.165) is 0 Å². The molecule has 0 bridgehead atoms. The van der Waals surface area contributed by atoms with Crippen molar-refractivity contribution < 1.29 is 27.1 Å². The molecule has 5 aromatic rings. The molecule has 0 aliphatic carbocycles. The van der Waals surface area contributed by atoms with Crippen LogP contribution in [0.2, 0.25) is 0 Å². The number of pyridine rings is 1. The molecule has 1 saturated heterocycles. The first-order chi connectivity index (χ1) is 21.9. The number of anilines is 1. The molecule has 0 N–H and O–H groups in total. The van der Waals surface area contributed by atoms with Crippen LogP contribution in [0.3, 0.4) is 0 Å². The zero-order valence-corrected chi connectivity index (χ0v) is 25.4. The second-order valence-corrected chi connectivity index (χ2v) is 11.8. The van der Waals surface area contributed by atoms with E-state index in [1.165, 1.54) is 33.8 Å². The maximum Gasteiger partial charge on any atom is 0.410 e. The molecule has 4 aromatic heterocycles. The number of hydrogen-bond donors (Lipinski definition) is 0. The number of aryl methyl sites for hydroxylation is 1. The van der Waals surface area contributed by atoms with Crippen molar-refractivity contribution >= 4 is 23.1 Å². The van der Waals surface area contributed by atoms with Crippen LogP contribution in [0.5, 0.6) is 0 Å². The third-order valence-electron chi connectivity index (χ3n) is 7.42. The number of ether oxygens (including phenoxy) is 1. The number of fused-ring (bicyclic) bond motifs is 1. The molecule has 0 spiro atoms. The maximum absolute atomic E-state index is 15.5. The van der Waals surface area contributed by atoms with Crippen LogP contribution < -0.4 is 10.6 Å². The lowest BCUT2D eigenvalue weighted by molar-refractivity contribution is 0.0240. The number of rotatable bonds is 6. The van der Waals surface area contributed by atoms with Crippen LogP contribution in [0.4, 0.5) is 23.9 Å². The fraction of sp³-hybridized carbons (Fsp3) is 0.367. The number of halogens is 3. The quantitative estimate of drug-likeness (QED) is 0.263. The number of carbonyl (C=O) groups excluding carboxylic acids is 1. The van der Waals surface area contributed by atoms with Gasteiger partial charge < -0.3 is 19.0 Å². The molecule has 1 amide bonds. The van der Waals surface area contributed by atoms with Crippen molar-refractivity contribution in [3.63, 3.8) is 0 Å². The van der Waals surface area contributed by atoms with E-state index < -0.39 is 23.7 Å². The number of imidazole rings is 1. The van der Waals surface area contributed by atoms with E-state index in [1.807, 2.05) is 25.7 Å². The topological polar surface area (TPSA) is 137 Å². The van der Waals surface area contributed by atoms with Gasteiger partial charge in [-0.15, -0.1) is 10.2 Å². The lowest BCUT2D eigenvalue weighted by Gasteiger charge is -2.35. The van der Waals surface area contributed by atoms with Gasteiger partial charge in [0, 0.05) is 69.0 Å². The smallest absolute Gasteiger partial charge is 0.410 e. The van der Waals surface area contributed by atoms with Crippen LogP contribution in [-0.2, 0) is 18.3 Å². The van der Waals surface area contributed by atoms with Gasteiger partial charge in [0.2, 0.25) is 11.8 Å². The number of carbonyl (C=O) groups is 1. The Hall–Kier alpha value is -5.28. The van der Waals surface area contributed by atoms with Crippen LogP contribution in [0.15, 0.2) is 52.1 Å². The summed E-state index contributed by atoms with van der Waals surface area (Å²) in [7, 11) is 1.59. The number of amides is 1. The fourth-order valence-corrected chi connectivity index (χ4v) is 5.08. The van der Waals surface area contributed by atoms with Crippen molar-refractivity contribution in [3.05, 3.63) is 70.7 Å². The third-order valence-corrected chi connectivity index (χ3v) is 7.42. The Labute approximate surface area is 260 Å². The summed E-state index contributed by atoms with van der Waals surface area (Å²) in [5.41, 5.74) is 1.36. The summed E-state index contributed by atoms with van der Waals surface area (Å²) in [4.78, 5) is 42.3. The van der Waals surface area contributed by atoms with Gasteiger partial charge >= 0.3 is 18.2 Å². The Kier molecular flexibility index (Phi) is 7.96. The van der Waals surface area contributed by atoms with Gasteiger partial charge in [-0.05, 0) is 39.0 Å². The summed E-state index contributed by atoms with van der Waals surface area (Å²) < 4.78 is 54.3. The predicted octanol–water partition coefficient (Wildman–Crippen LogP) is 4.42. The summed E-state index contributed by atoms with van der Waals surface area (Å²) >= 11 is 0. The molecule has 0 radical (unpaired) electrons. The molecule has 6 rings (SSSR count). The highest BCUT2D eigenvalue weighted by atomic mass is 19.3. The highest BCUT2D eigenvalue weighted by Crippen LogP contribution is 2.28. The lowest BCUT2D eigenvalue weighted by atomic mass is 10.1. The summed E-state index contributed by atoms with van der Waals surface area (Å²) in [6.45, 7) is 7.44. The van der Waals surface area contributed by atoms with Gasteiger partial charge in [0.25, 0.3) is 5.89 Å². The summed E-state index contributed by atoms with van der Waals surface area (Å²) in [6, 6.07) is 6.01. The van der Waals surface area contributed by atoms with E-state index in [4.69, 9.17) is 9.15 Å². The Bertz CT molecular complexity index is 1940. The van der Waals surface area contributed by atoms with Gasteiger partial charge in [0.1, 0.15) is 11.4 Å². The van der Waals surface area contributed by atoms with Crippen molar-refractivity contribution in [2.45, 2.75) is 39.3 Å². The molecule has 0 unspecified atom stereocenters. The van der Waals surface area contributed by atoms with Gasteiger partial charge in [-0.2, -0.15) is 8.78 Å². The SMILES string of the molecule is Cn1c(=O)n(Cc2ccc(-c3nnc(C(F)F)o3)cn2)c2cc(F)c(-c3cnc(N4CCN(C(=O)OC(C)(C)C)CC4)nc3)cc21. The molecule has 16 heteroatoms. The standard InChI is InChI=1S/C30H30F3N9O4/c1-30(2,3)46-29(44)41-9-7-40(8-10-41)27-35-14-18(15-36-27)20-11-22-23(12-21(20)31)42(28(43)39(22)4)16-19-6-5-17(13-34-19)25-37-38-26(45-25)24(32)33/h5-6,11-15,24H,7-10,16H2,1-4H3. The molecule has 0 saturated carbocycles. The van der Waals surface area contributed by atoms with Crippen LogP contribution in [-0.4, -0.2) is 77.1 Å². The van der Waals surface area contributed by atoms with Crippen LogP contribution in [0.1, 0.15) is 38.8 Å². The first-order valence-electron chi connectivity index (χ1n) is 14.4. The first-order valence-corrected chi connectivity index (χ1v) is 14.4. The number of aromatic nitrogens is 7. The van der Waals surface area contributed by atoms with E-state index in [1.54, 1.807) is 30.1 Å². The molecular weight excluding hydrogens is 607 g/mol. The number of benzene rings is 1. The minimum Gasteiger partial charge on any atom is -0.444 e. The highest BCUT2D eigenvalue weighted by Gasteiger charge is 2.27. The fourth-order valence-electron chi connectivity index (χ4n) is 5.08. The van der Waals surface area contributed by atoms with Gasteiger partial charge in [-0.25, -0.2) is 23.9 Å². The van der Waals surface area contributed by atoms with Gasteiger partial charge in [-0.1, -0.05) is 0 Å². The number of piperazine rings is 1. The molecule has 1 aliphatic heterocycles. The van der Waals surface area contributed by atoms with E-state index in [0.29, 0.717) is 60.0 Å². The normalized spacial score (nSPS) is 14.0. The summed E-state index contributed by atoms with van der Waals surface area (Å²) in [5.74, 6) is -1.01. The average Bonchev–Trinajstić information content (AvgIpc) is 3.61. The summed E-state index contributed by atoms with van der Waals surface area (Å²) in [5, 5.41) is 6.91. The Morgan fingerprint density at radius 2 is 1.67 bits per heavy atom. The first kappa shape index (κ1) is 30.7. The largest absolute Gasteiger partial charge is 0.444 e. The second-order valence-electron chi connectivity index (χ2n) is 11.8. The van der Waals surface area contributed by atoms with E-state index in [2.05, 4.69) is 25.1 Å². The van der Waals surface area contributed by atoms with Crippen molar-refractivity contribution in [1.82, 2.24) is 39.2 Å². The minimum atomic E-state index is -2.89. The average molecular weight is 638 g/mol. The second kappa shape index (κ2) is 11.9. The van der Waals surface area contributed by atoms with Crippen molar-refractivity contribution in [3.8, 4) is 22.6 Å². The molecule has 1 fully saturated rings. The Morgan fingerprint density at radius 3 is 2.28 bits per heavy atom. The van der Waals surface area contributed by atoms with Gasteiger partial charge in [0.05, 0.1) is 28.8 Å². The molecule has 240 valence electrons. The van der Waals surface area contributed by atoms with Crippen LogP contribution in [0, 0.1) is 5.82 Å². The number of nitrogens with zero attached hydrogens (tertiary/aromatic N) is 9. The molecule has 1 aromatic carbocycles. The van der Waals surface area contributed by atoms with Crippen LogP contribution in [0.25, 0.3) is 33.6 Å². The Balaban J connectivity index is 1.18. The summed E-state index contributed by atoms with van der Waals surface area (Å²) in [6.07, 6.45) is 1.18. The van der Waals surface area contributed by atoms with E-state index in [9.17, 15) is 18.4 Å². The van der Waals surface area contributed by atoms with E-state index in [-0.39, 0.29) is 29.8 Å². The van der Waals surface area contributed by atoms with Crippen molar-refractivity contribution in [1.29, 1.82) is 0 Å². The number of hydrogen-bond acceptors (Lipinski definition) is 10. The Morgan fingerprint density at radius 1 is 0.978 bits per heavy atom. The molecular formula is C30H30F3N9O4. The maximum atomic E-state index is 15.5. The molecule has 0 atom stereocenters. The number of alkyl halides is 2. The molecule has 13 nitrogen and oxygen atoms in total. The van der Waals surface area contributed by atoms with Crippen LogP contribution >= 0.6 is 0 Å². The van der Waals surface area contributed by atoms with Crippen molar-refractivity contribution in [2.24, 2.45) is 7.05 Å². The van der Waals surface area contributed by atoms with Gasteiger partial charge in [-0.3, -0.25) is 14.1 Å². The zero-order chi connectivity index (χ0) is 32.7. The van der Waals surface area contributed by atoms with Gasteiger partial charge in [0.15, 0.2) is 0 Å². The predicted molar refractivity (Wildman–Crippen MR) is 160 cm³/mol. The van der Waals surface area contributed by atoms with Crippen molar-refractivity contribution in [2.75, 3.05) is 31.1 Å². The lowest BCUT2D eigenvalue weighted by Crippen LogP contribution is -2.50. The third kappa shape index (κ3) is 6.14.